The molecule has 3 aromatic heterocycles. The van der Waals surface area contributed by atoms with Crippen LogP contribution in [-0.2, 0) is 6.54 Å². The second-order valence-electron chi connectivity index (χ2n) is 10.1. The Hall–Kier alpha value is -3.43. The molecule has 2 aliphatic rings. The van der Waals surface area contributed by atoms with Gasteiger partial charge in [-0.3, -0.25) is 4.90 Å². The largest absolute Gasteiger partial charge is 0.467 e. The Bertz CT molecular complexity index is 1280. The number of nitrogens with one attached hydrogen (secondary N) is 1. The fourth-order valence-corrected chi connectivity index (χ4v) is 5.66. The van der Waals surface area contributed by atoms with E-state index in [4.69, 9.17) is 15.2 Å². The Morgan fingerprint density at radius 2 is 1.72 bits per heavy atom. The molecule has 4 aromatic rings. The maximum atomic E-state index is 6.36. The van der Waals surface area contributed by atoms with Gasteiger partial charge in [-0.1, -0.05) is 12.1 Å². The molecule has 9 nitrogen and oxygen atoms in total. The van der Waals surface area contributed by atoms with Gasteiger partial charge < -0.3 is 20.4 Å². The molecule has 1 aliphatic carbocycles. The summed E-state index contributed by atoms with van der Waals surface area (Å²) in [5.41, 5.74) is 10.1. The molecule has 36 heavy (non-hydrogen) atoms. The third-order valence-corrected chi connectivity index (χ3v) is 7.79. The average Bonchev–Trinajstić information content (AvgIpc) is 3.57. The van der Waals surface area contributed by atoms with Crippen molar-refractivity contribution in [1.29, 1.82) is 0 Å². The van der Waals surface area contributed by atoms with Gasteiger partial charge >= 0.3 is 0 Å². The van der Waals surface area contributed by atoms with Crippen molar-refractivity contribution in [3.05, 3.63) is 54.7 Å². The van der Waals surface area contributed by atoms with Gasteiger partial charge in [0.2, 0.25) is 0 Å². The van der Waals surface area contributed by atoms with Crippen LogP contribution in [0.25, 0.3) is 22.3 Å². The summed E-state index contributed by atoms with van der Waals surface area (Å²) < 4.78 is 7.52. The number of piperazine rings is 1. The van der Waals surface area contributed by atoms with E-state index < -0.39 is 0 Å². The lowest BCUT2D eigenvalue weighted by Gasteiger charge is -2.41. The van der Waals surface area contributed by atoms with Crippen molar-refractivity contribution in [3.8, 4) is 11.3 Å². The number of rotatable bonds is 6. The highest BCUT2D eigenvalue weighted by Crippen LogP contribution is 2.37. The van der Waals surface area contributed by atoms with E-state index in [1.807, 2.05) is 12.1 Å². The zero-order valence-corrected chi connectivity index (χ0v) is 20.8. The number of fused-ring (bicyclic) bond motifs is 1. The quantitative estimate of drug-likeness (QED) is 0.422. The Morgan fingerprint density at radius 1 is 0.972 bits per heavy atom. The lowest BCUT2D eigenvalue weighted by molar-refractivity contribution is 0.0815. The molecule has 1 saturated carbocycles. The number of hydrogen-bond acceptors (Lipinski definition) is 8. The molecule has 9 heteroatoms. The second-order valence-corrected chi connectivity index (χ2v) is 10.1. The SMILES string of the molecule is CN1CCN([C@H]2CC[C@H](n3nc(-c4ccc(NCc5ccco5)cc4)c4c(N)ncnc43)CC2)CC1. The molecule has 1 aliphatic heterocycles. The minimum Gasteiger partial charge on any atom is -0.467 e. The topological polar surface area (TPSA) is 101 Å². The van der Waals surface area contributed by atoms with E-state index in [1.54, 1.807) is 12.6 Å². The zero-order chi connectivity index (χ0) is 24.5. The van der Waals surface area contributed by atoms with Crippen LogP contribution in [0.3, 0.4) is 0 Å². The molecule has 0 bridgehead atoms. The lowest BCUT2D eigenvalue weighted by atomic mass is 9.90. The molecule has 0 atom stereocenters. The van der Waals surface area contributed by atoms with Crippen molar-refractivity contribution < 1.29 is 4.42 Å². The summed E-state index contributed by atoms with van der Waals surface area (Å²) in [4.78, 5) is 14.0. The van der Waals surface area contributed by atoms with Crippen molar-refractivity contribution in [2.24, 2.45) is 0 Å². The molecule has 2 fully saturated rings. The number of hydrogen-bond donors (Lipinski definition) is 2. The molecular weight excluding hydrogens is 452 g/mol. The zero-order valence-electron chi connectivity index (χ0n) is 20.8. The van der Waals surface area contributed by atoms with Crippen LogP contribution in [0.5, 0.6) is 0 Å². The number of likely N-dealkylation sites (N-methyl/N-ethyl adjacent to an activating group) is 1. The van der Waals surface area contributed by atoms with Gasteiger partial charge in [0.1, 0.15) is 23.6 Å². The summed E-state index contributed by atoms with van der Waals surface area (Å²) in [6, 6.07) is 13.1. The summed E-state index contributed by atoms with van der Waals surface area (Å²) in [5, 5.41) is 9.32. The Labute approximate surface area is 211 Å². The van der Waals surface area contributed by atoms with E-state index in [-0.39, 0.29) is 0 Å². The van der Waals surface area contributed by atoms with E-state index in [1.165, 1.54) is 39.0 Å². The van der Waals surface area contributed by atoms with E-state index in [0.717, 1.165) is 46.6 Å². The van der Waals surface area contributed by atoms with Crippen molar-refractivity contribution in [2.45, 2.75) is 44.3 Å². The van der Waals surface area contributed by atoms with E-state index in [9.17, 15) is 0 Å². The maximum absolute atomic E-state index is 6.36. The predicted octanol–water partition coefficient (Wildman–Crippen LogP) is 4.01. The Balaban J connectivity index is 1.21. The van der Waals surface area contributed by atoms with Gasteiger partial charge in [0.15, 0.2) is 5.65 Å². The van der Waals surface area contributed by atoms with E-state index >= 15 is 0 Å². The van der Waals surface area contributed by atoms with Crippen LogP contribution in [-0.4, -0.2) is 68.8 Å². The molecule has 0 radical (unpaired) electrons. The highest BCUT2D eigenvalue weighted by Gasteiger charge is 2.30. The van der Waals surface area contributed by atoms with Gasteiger partial charge in [0.25, 0.3) is 0 Å². The maximum Gasteiger partial charge on any atom is 0.164 e. The molecule has 1 aromatic carbocycles. The molecule has 1 saturated heterocycles. The molecule has 0 unspecified atom stereocenters. The van der Waals surface area contributed by atoms with Gasteiger partial charge in [0, 0.05) is 43.5 Å². The van der Waals surface area contributed by atoms with E-state index in [0.29, 0.717) is 24.4 Å². The summed E-state index contributed by atoms with van der Waals surface area (Å²) in [6.45, 7) is 5.33. The van der Waals surface area contributed by atoms with Crippen LogP contribution in [0.2, 0.25) is 0 Å². The van der Waals surface area contributed by atoms with Crippen LogP contribution < -0.4 is 11.1 Å². The van der Waals surface area contributed by atoms with Crippen LogP contribution in [0.15, 0.2) is 53.4 Å². The first-order valence-electron chi connectivity index (χ1n) is 12.9. The molecule has 188 valence electrons. The Morgan fingerprint density at radius 3 is 2.44 bits per heavy atom. The third kappa shape index (κ3) is 4.56. The monoisotopic (exact) mass is 486 g/mol. The number of aromatic nitrogens is 4. The fourth-order valence-electron chi connectivity index (χ4n) is 5.66. The normalized spacial score (nSPS) is 21.7. The number of nitrogens with zero attached hydrogens (tertiary/aromatic N) is 6. The van der Waals surface area contributed by atoms with Crippen LogP contribution >= 0.6 is 0 Å². The summed E-state index contributed by atoms with van der Waals surface area (Å²) in [5.74, 6) is 1.38. The summed E-state index contributed by atoms with van der Waals surface area (Å²) >= 11 is 0. The highest BCUT2D eigenvalue weighted by molar-refractivity contribution is 5.98. The molecular formula is C27H34N8O. The Kier molecular flexibility index (Phi) is 6.33. The van der Waals surface area contributed by atoms with Gasteiger partial charge in [0.05, 0.1) is 24.2 Å². The van der Waals surface area contributed by atoms with Gasteiger partial charge in [-0.25, -0.2) is 14.6 Å². The smallest absolute Gasteiger partial charge is 0.164 e. The van der Waals surface area contributed by atoms with Gasteiger partial charge in [-0.15, -0.1) is 0 Å². The minimum absolute atomic E-state index is 0.327. The van der Waals surface area contributed by atoms with Crippen molar-refractivity contribution >= 4 is 22.5 Å². The number of furan rings is 1. The molecule has 4 heterocycles. The average molecular weight is 487 g/mol. The molecule has 6 rings (SSSR count). The van der Waals surface area contributed by atoms with Crippen molar-refractivity contribution in [3.63, 3.8) is 0 Å². The number of anilines is 2. The fraction of sp³-hybridized carbons (Fsp3) is 0.444. The van der Waals surface area contributed by atoms with Crippen LogP contribution in [0.4, 0.5) is 11.5 Å². The first-order chi connectivity index (χ1) is 17.7. The minimum atomic E-state index is 0.327. The predicted molar refractivity (Wildman–Crippen MR) is 142 cm³/mol. The molecule has 3 N–H and O–H groups in total. The van der Waals surface area contributed by atoms with E-state index in [2.05, 4.69) is 61.1 Å². The van der Waals surface area contributed by atoms with Crippen LogP contribution in [0.1, 0.15) is 37.5 Å². The van der Waals surface area contributed by atoms with Crippen molar-refractivity contribution in [2.75, 3.05) is 44.3 Å². The van der Waals surface area contributed by atoms with Gasteiger partial charge in [-0.2, -0.15) is 5.10 Å². The first-order valence-corrected chi connectivity index (χ1v) is 12.9. The summed E-state index contributed by atoms with van der Waals surface area (Å²) in [6.07, 6.45) is 7.84. The van der Waals surface area contributed by atoms with Gasteiger partial charge in [-0.05, 0) is 57.0 Å². The highest BCUT2D eigenvalue weighted by atomic mass is 16.3. The first kappa shape index (κ1) is 23.0. The number of benzene rings is 1. The second kappa shape index (κ2) is 9.91. The molecule has 0 amide bonds. The standard InChI is InChI=1S/C27H34N8O/c1-33-12-14-34(15-13-33)21-8-10-22(11-9-21)35-27-24(26(28)30-18-31-27)25(32-35)19-4-6-20(7-5-19)29-17-23-3-2-16-36-23/h2-7,16,18,21-22,29H,8-15,17H2,1H3,(H2,28,30,31)/t21-,22-. The summed E-state index contributed by atoms with van der Waals surface area (Å²) in [7, 11) is 2.22. The lowest BCUT2D eigenvalue weighted by Crippen LogP contribution is -2.49. The third-order valence-electron chi connectivity index (χ3n) is 7.79. The molecule has 0 spiro atoms. The number of nitrogen functional groups attached to an aromatic ring is 1. The van der Waals surface area contributed by atoms with Crippen LogP contribution in [0, 0.1) is 0 Å². The number of nitrogens with two attached hydrogens (primary N) is 1. The van der Waals surface area contributed by atoms with Crippen molar-refractivity contribution in [1.82, 2.24) is 29.5 Å².